The summed E-state index contributed by atoms with van der Waals surface area (Å²) in [6.45, 7) is 3.82. The van der Waals surface area contributed by atoms with Gasteiger partial charge >= 0.3 is 7.60 Å². The minimum absolute atomic E-state index is 0.129. The van der Waals surface area contributed by atoms with Gasteiger partial charge in [-0.15, -0.1) is 0 Å². The highest BCUT2D eigenvalue weighted by Gasteiger charge is 2.21. The molecule has 0 spiro atoms. The maximum atomic E-state index is 11.1. The first-order valence-corrected chi connectivity index (χ1v) is 5.69. The van der Waals surface area contributed by atoms with Gasteiger partial charge in [-0.1, -0.05) is 32.0 Å². The van der Waals surface area contributed by atoms with E-state index in [0.29, 0.717) is 0 Å². The fourth-order valence-electron chi connectivity index (χ4n) is 1.24. The molecule has 0 amide bonds. The molecule has 0 heterocycles. The average molecular weight is 200 g/mol. The normalized spacial score (nSPS) is 12.1. The number of rotatable bonds is 2. The van der Waals surface area contributed by atoms with Crippen LogP contribution in [0.15, 0.2) is 24.3 Å². The van der Waals surface area contributed by atoms with Gasteiger partial charge in [-0.2, -0.15) is 0 Å². The summed E-state index contributed by atoms with van der Waals surface area (Å²) in [5.74, 6) is 0.129. The van der Waals surface area contributed by atoms with Gasteiger partial charge in [0.05, 0.1) is 5.30 Å². The molecule has 72 valence electrons. The van der Waals surface area contributed by atoms with Crippen molar-refractivity contribution in [3.05, 3.63) is 29.8 Å². The van der Waals surface area contributed by atoms with Crippen LogP contribution in [0.4, 0.5) is 0 Å². The van der Waals surface area contributed by atoms with Gasteiger partial charge in [-0.3, -0.25) is 4.57 Å². The van der Waals surface area contributed by atoms with Gasteiger partial charge < -0.3 is 9.79 Å². The standard InChI is InChI=1S/C9H13O3P/c1-7(2)8-5-3-4-6-9(8)13(10,11)12/h3-7H,1-2H3,(H2,10,11,12). The van der Waals surface area contributed by atoms with E-state index in [0.717, 1.165) is 5.56 Å². The van der Waals surface area contributed by atoms with Crippen LogP contribution in [0.25, 0.3) is 0 Å². The lowest BCUT2D eigenvalue weighted by atomic mass is 10.0. The van der Waals surface area contributed by atoms with E-state index in [1.807, 2.05) is 13.8 Å². The SMILES string of the molecule is CC(C)c1ccccc1P(=O)(O)O. The third kappa shape index (κ3) is 2.41. The largest absolute Gasteiger partial charge is 0.356 e. The average Bonchev–Trinajstić information content (AvgIpc) is 2.03. The number of benzene rings is 1. The van der Waals surface area contributed by atoms with Gasteiger partial charge in [0.1, 0.15) is 0 Å². The van der Waals surface area contributed by atoms with Crippen molar-refractivity contribution in [3.8, 4) is 0 Å². The molecule has 0 saturated carbocycles. The van der Waals surface area contributed by atoms with Crippen molar-refractivity contribution in [3.63, 3.8) is 0 Å². The highest BCUT2D eigenvalue weighted by Crippen LogP contribution is 2.36. The van der Waals surface area contributed by atoms with E-state index in [2.05, 4.69) is 0 Å². The topological polar surface area (TPSA) is 57.5 Å². The predicted octanol–water partition coefficient (Wildman–Crippen LogP) is 1.61. The molecule has 1 rings (SSSR count). The zero-order chi connectivity index (χ0) is 10.1. The van der Waals surface area contributed by atoms with Crippen molar-refractivity contribution in [2.24, 2.45) is 0 Å². The third-order valence-electron chi connectivity index (χ3n) is 1.87. The van der Waals surface area contributed by atoms with E-state index in [1.165, 1.54) is 6.07 Å². The summed E-state index contributed by atoms with van der Waals surface area (Å²) in [4.78, 5) is 18.1. The molecule has 0 bridgehead atoms. The molecule has 0 fully saturated rings. The molecule has 13 heavy (non-hydrogen) atoms. The van der Waals surface area contributed by atoms with Crippen LogP contribution in [0.5, 0.6) is 0 Å². The predicted molar refractivity (Wildman–Crippen MR) is 52.2 cm³/mol. The fraction of sp³-hybridized carbons (Fsp3) is 0.333. The van der Waals surface area contributed by atoms with Crippen LogP contribution in [0.2, 0.25) is 0 Å². The molecule has 0 aliphatic rings. The van der Waals surface area contributed by atoms with Crippen LogP contribution < -0.4 is 5.30 Å². The Bertz CT molecular complexity index is 340. The zero-order valence-corrected chi connectivity index (χ0v) is 8.53. The summed E-state index contributed by atoms with van der Waals surface area (Å²) in [7, 11) is -4.11. The van der Waals surface area contributed by atoms with Gasteiger partial charge in [0.25, 0.3) is 0 Å². The van der Waals surface area contributed by atoms with E-state index in [1.54, 1.807) is 18.2 Å². The van der Waals surface area contributed by atoms with Crippen molar-refractivity contribution in [1.82, 2.24) is 0 Å². The molecule has 0 radical (unpaired) electrons. The van der Waals surface area contributed by atoms with Gasteiger partial charge in [-0.05, 0) is 17.5 Å². The lowest BCUT2D eigenvalue weighted by Gasteiger charge is -2.12. The summed E-state index contributed by atoms with van der Waals surface area (Å²) in [6, 6.07) is 6.66. The smallest absolute Gasteiger partial charge is 0.321 e. The first kappa shape index (κ1) is 10.5. The van der Waals surface area contributed by atoms with Crippen molar-refractivity contribution in [2.45, 2.75) is 19.8 Å². The molecule has 3 nitrogen and oxygen atoms in total. The first-order chi connectivity index (χ1) is 5.93. The Balaban J connectivity index is 3.29. The number of hydrogen-bond donors (Lipinski definition) is 2. The Morgan fingerprint density at radius 2 is 1.77 bits per heavy atom. The molecular weight excluding hydrogens is 187 g/mol. The van der Waals surface area contributed by atoms with Crippen LogP contribution in [-0.4, -0.2) is 9.79 Å². The second kappa shape index (κ2) is 3.62. The van der Waals surface area contributed by atoms with E-state index >= 15 is 0 Å². The molecule has 0 saturated heterocycles. The summed E-state index contributed by atoms with van der Waals surface area (Å²) >= 11 is 0. The molecule has 4 heteroatoms. The van der Waals surface area contributed by atoms with E-state index < -0.39 is 7.60 Å². The van der Waals surface area contributed by atoms with Crippen LogP contribution in [0.3, 0.4) is 0 Å². The molecule has 0 aromatic heterocycles. The molecule has 0 atom stereocenters. The Hall–Kier alpha value is -0.630. The van der Waals surface area contributed by atoms with E-state index in [-0.39, 0.29) is 11.2 Å². The monoisotopic (exact) mass is 200 g/mol. The lowest BCUT2D eigenvalue weighted by Crippen LogP contribution is -2.11. The van der Waals surface area contributed by atoms with Crippen molar-refractivity contribution in [2.75, 3.05) is 0 Å². The maximum Gasteiger partial charge on any atom is 0.356 e. The second-order valence-corrected chi connectivity index (χ2v) is 4.83. The van der Waals surface area contributed by atoms with E-state index in [9.17, 15) is 4.57 Å². The fourth-order valence-corrected chi connectivity index (χ4v) is 2.19. The molecule has 0 aliphatic carbocycles. The Kier molecular flexibility index (Phi) is 2.91. The van der Waals surface area contributed by atoms with Crippen LogP contribution >= 0.6 is 7.60 Å². The Labute approximate surface area is 77.6 Å². The summed E-state index contributed by atoms with van der Waals surface area (Å²) in [5.41, 5.74) is 0.718. The van der Waals surface area contributed by atoms with Crippen LogP contribution in [0, 0.1) is 0 Å². The highest BCUT2D eigenvalue weighted by molar-refractivity contribution is 7.60. The molecule has 1 aromatic rings. The number of hydrogen-bond acceptors (Lipinski definition) is 1. The molecular formula is C9H13O3P. The summed E-state index contributed by atoms with van der Waals surface area (Å²) < 4.78 is 11.1. The van der Waals surface area contributed by atoms with Gasteiger partial charge in [0, 0.05) is 0 Å². The summed E-state index contributed by atoms with van der Waals surface area (Å²) in [6.07, 6.45) is 0. The maximum absolute atomic E-state index is 11.1. The summed E-state index contributed by atoms with van der Waals surface area (Å²) in [5, 5.41) is 0.144. The molecule has 1 aromatic carbocycles. The Morgan fingerprint density at radius 1 is 1.23 bits per heavy atom. The van der Waals surface area contributed by atoms with Crippen molar-refractivity contribution >= 4 is 12.9 Å². The van der Waals surface area contributed by atoms with Crippen molar-refractivity contribution < 1.29 is 14.4 Å². The van der Waals surface area contributed by atoms with Gasteiger partial charge in [0.15, 0.2) is 0 Å². The highest BCUT2D eigenvalue weighted by atomic mass is 31.2. The van der Waals surface area contributed by atoms with Gasteiger partial charge in [0.2, 0.25) is 0 Å². The zero-order valence-electron chi connectivity index (χ0n) is 7.64. The minimum Gasteiger partial charge on any atom is -0.321 e. The Morgan fingerprint density at radius 3 is 2.15 bits per heavy atom. The van der Waals surface area contributed by atoms with Crippen molar-refractivity contribution in [1.29, 1.82) is 0 Å². The first-order valence-electron chi connectivity index (χ1n) is 4.08. The minimum atomic E-state index is -4.11. The second-order valence-electron chi connectivity index (χ2n) is 3.26. The van der Waals surface area contributed by atoms with Crippen LogP contribution in [-0.2, 0) is 4.57 Å². The molecule has 2 N–H and O–H groups in total. The van der Waals surface area contributed by atoms with Crippen LogP contribution in [0.1, 0.15) is 25.3 Å². The lowest BCUT2D eigenvalue weighted by molar-refractivity contribution is 0.387. The molecule has 0 aliphatic heterocycles. The van der Waals surface area contributed by atoms with Gasteiger partial charge in [-0.25, -0.2) is 0 Å². The third-order valence-corrected chi connectivity index (χ3v) is 2.91. The van der Waals surface area contributed by atoms with E-state index in [4.69, 9.17) is 9.79 Å². The quantitative estimate of drug-likeness (QED) is 0.713. The molecule has 0 unspecified atom stereocenters.